The Bertz CT molecular complexity index is 950. The highest BCUT2D eigenvalue weighted by molar-refractivity contribution is 5.90. The summed E-state index contributed by atoms with van der Waals surface area (Å²) < 4.78 is 6.53. The summed E-state index contributed by atoms with van der Waals surface area (Å²) in [6.45, 7) is 0.139. The summed E-state index contributed by atoms with van der Waals surface area (Å²) in [5.41, 5.74) is 8.32. The summed E-state index contributed by atoms with van der Waals surface area (Å²) in [5, 5.41) is 4.63. The summed E-state index contributed by atoms with van der Waals surface area (Å²) in [5.74, 6) is -1.36. The molecule has 2 heterocycles. The summed E-state index contributed by atoms with van der Waals surface area (Å²) in [7, 11) is 0. The monoisotopic (exact) mass is 362 g/mol. The molecule has 0 radical (unpaired) electrons. The molecule has 136 valence electrons. The van der Waals surface area contributed by atoms with Crippen LogP contribution in [0.15, 0.2) is 67.1 Å². The fraction of sp³-hybridized carbons (Fsp3) is 0.100. The molecule has 0 aliphatic rings. The van der Waals surface area contributed by atoms with Crippen molar-refractivity contribution in [2.45, 2.75) is 6.54 Å². The minimum atomic E-state index is -0.705. The molecule has 0 spiro atoms. The van der Waals surface area contributed by atoms with Crippen LogP contribution < -0.4 is 5.73 Å². The molecule has 0 unspecified atom stereocenters. The third kappa shape index (κ3) is 5.12. The Labute approximate surface area is 156 Å². The molecular formula is C20H18N4O3. The van der Waals surface area contributed by atoms with Crippen molar-refractivity contribution in [3.63, 3.8) is 0 Å². The van der Waals surface area contributed by atoms with Gasteiger partial charge in [-0.2, -0.15) is 5.10 Å². The second kappa shape index (κ2) is 8.57. The van der Waals surface area contributed by atoms with Gasteiger partial charge in [0.25, 0.3) is 5.91 Å². The average Bonchev–Trinajstić information content (AvgIpc) is 3.09. The van der Waals surface area contributed by atoms with Crippen molar-refractivity contribution in [1.82, 2.24) is 14.8 Å². The van der Waals surface area contributed by atoms with Crippen LogP contribution >= 0.6 is 0 Å². The zero-order chi connectivity index (χ0) is 19.1. The number of hydrogen-bond donors (Lipinski definition) is 1. The third-order valence-corrected chi connectivity index (χ3v) is 3.67. The largest absolute Gasteiger partial charge is 0.452 e. The number of ether oxygens (including phenoxy) is 1. The molecule has 2 N–H and O–H groups in total. The Kier molecular flexibility index (Phi) is 5.73. The number of carbonyl (C=O) groups is 2. The van der Waals surface area contributed by atoms with Crippen molar-refractivity contribution in [1.29, 1.82) is 0 Å². The van der Waals surface area contributed by atoms with E-state index in [0.717, 1.165) is 16.7 Å². The molecule has 0 bridgehead atoms. The van der Waals surface area contributed by atoms with Gasteiger partial charge in [-0.05, 0) is 23.8 Å². The predicted molar refractivity (Wildman–Crippen MR) is 100 cm³/mol. The molecule has 0 fully saturated rings. The quantitative estimate of drug-likeness (QED) is 0.512. The van der Waals surface area contributed by atoms with Crippen LogP contribution in [-0.4, -0.2) is 33.2 Å². The lowest BCUT2D eigenvalue weighted by molar-refractivity contribution is -0.142. The molecule has 1 amide bonds. The zero-order valence-corrected chi connectivity index (χ0v) is 14.5. The van der Waals surface area contributed by atoms with E-state index in [2.05, 4.69) is 10.1 Å². The smallest absolute Gasteiger partial charge is 0.331 e. The molecule has 0 saturated heterocycles. The summed E-state index contributed by atoms with van der Waals surface area (Å²) in [6, 6.07) is 13.6. The van der Waals surface area contributed by atoms with E-state index in [0.29, 0.717) is 12.2 Å². The standard InChI is InChI=1S/C20H18N4O3/c21-18(25)14-27-19(26)9-8-17-13-24(12-15-5-2-1-3-6-15)23-20(17)16-7-4-10-22-11-16/h1-11,13H,12,14H2,(H2,21,25)/b9-8+. The number of primary amides is 1. The highest BCUT2D eigenvalue weighted by Gasteiger charge is 2.11. The lowest BCUT2D eigenvalue weighted by atomic mass is 10.1. The Morgan fingerprint density at radius 1 is 1.15 bits per heavy atom. The molecule has 1 aromatic carbocycles. The van der Waals surface area contributed by atoms with Crippen molar-refractivity contribution >= 4 is 18.0 Å². The number of nitrogens with two attached hydrogens (primary N) is 1. The first-order valence-corrected chi connectivity index (χ1v) is 8.27. The van der Waals surface area contributed by atoms with Gasteiger partial charge < -0.3 is 10.5 Å². The lowest BCUT2D eigenvalue weighted by Gasteiger charge is -2.01. The molecular weight excluding hydrogens is 344 g/mol. The van der Waals surface area contributed by atoms with Gasteiger partial charge in [-0.1, -0.05) is 30.3 Å². The Hall–Kier alpha value is -3.74. The van der Waals surface area contributed by atoms with Crippen LogP contribution in [0.25, 0.3) is 17.3 Å². The van der Waals surface area contributed by atoms with E-state index in [4.69, 9.17) is 10.5 Å². The van der Waals surface area contributed by atoms with E-state index in [-0.39, 0.29) is 0 Å². The van der Waals surface area contributed by atoms with E-state index in [9.17, 15) is 9.59 Å². The molecule has 0 saturated carbocycles. The molecule has 7 nitrogen and oxygen atoms in total. The van der Waals surface area contributed by atoms with Crippen LogP contribution in [0.2, 0.25) is 0 Å². The molecule has 0 aliphatic heterocycles. The van der Waals surface area contributed by atoms with Gasteiger partial charge in [0.15, 0.2) is 6.61 Å². The first-order valence-electron chi connectivity index (χ1n) is 8.27. The normalized spacial score (nSPS) is 10.8. The number of benzene rings is 1. The fourth-order valence-corrected chi connectivity index (χ4v) is 2.49. The van der Waals surface area contributed by atoms with E-state index >= 15 is 0 Å². The van der Waals surface area contributed by atoms with Gasteiger partial charge in [0.2, 0.25) is 0 Å². The number of esters is 1. The Morgan fingerprint density at radius 2 is 1.96 bits per heavy atom. The summed E-state index contributed by atoms with van der Waals surface area (Å²) in [6.07, 6.45) is 8.07. The first kappa shape index (κ1) is 18.1. The van der Waals surface area contributed by atoms with Crippen LogP contribution in [0.1, 0.15) is 11.1 Å². The van der Waals surface area contributed by atoms with E-state index in [1.807, 2.05) is 48.7 Å². The zero-order valence-electron chi connectivity index (χ0n) is 14.5. The first-order chi connectivity index (χ1) is 13.1. The van der Waals surface area contributed by atoms with Gasteiger partial charge in [0.05, 0.1) is 6.54 Å². The molecule has 3 rings (SSSR count). The SMILES string of the molecule is NC(=O)COC(=O)/C=C/c1cn(Cc2ccccc2)nc1-c1cccnc1. The van der Waals surface area contributed by atoms with Crippen LogP contribution in [0.4, 0.5) is 0 Å². The topological polar surface area (TPSA) is 100 Å². The van der Waals surface area contributed by atoms with Crippen molar-refractivity contribution < 1.29 is 14.3 Å². The molecule has 0 atom stereocenters. The Morgan fingerprint density at radius 3 is 2.67 bits per heavy atom. The van der Waals surface area contributed by atoms with Crippen LogP contribution in [-0.2, 0) is 20.9 Å². The number of rotatable bonds is 7. The van der Waals surface area contributed by atoms with E-state index < -0.39 is 18.5 Å². The minimum absolute atomic E-state index is 0.452. The van der Waals surface area contributed by atoms with Gasteiger partial charge in [0.1, 0.15) is 5.69 Å². The van der Waals surface area contributed by atoms with E-state index in [1.165, 1.54) is 6.08 Å². The maximum Gasteiger partial charge on any atom is 0.331 e. The number of carbonyl (C=O) groups excluding carboxylic acids is 2. The van der Waals surface area contributed by atoms with Crippen molar-refractivity contribution in [2.24, 2.45) is 5.73 Å². The van der Waals surface area contributed by atoms with Crippen molar-refractivity contribution in [2.75, 3.05) is 6.61 Å². The molecule has 2 aromatic heterocycles. The third-order valence-electron chi connectivity index (χ3n) is 3.67. The highest BCUT2D eigenvalue weighted by Crippen LogP contribution is 2.23. The van der Waals surface area contributed by atoms with Gasteiger partial charge in [-0.3, -0.25) is 14.5 Å². The summed E-state index contributed by atoms with van der Waals surface area (Å²) >= 11 is 0. The molecule has 7 heteroatoms. The predicted octanol–water partition coefficient (Wildman–Crippen LogP) is 2.04. The average molecular weight is 362 g/mol. The second-order valence-corrected chi connectivity index (χ2v) is 5.77. The molecule has 3 aromatic rings. The minimum Gasteiger partial charge on any atom is -0.452 e. The maximum absolute atomic E-state index is 11.7. The number of pyridine rings is 1. The van der Waals surface area contributed by atoms with Crippen molar-refractivity contribution in [3.05, 3.63) is 78.3 Å². The Balaban J connectivity index is 1.86. The van der Waals surface area contributed by atoms with Gasteiger partial charge in [-0.25, -0.2) is 4.79 Å². The summed E-state index contributed by atoms with van der Waals surface area (Å²) in [4.78, 5) is 26.5. The van der Waals surface area contributed by atoms with Crippen LogP contribution in [0, 0.1) is 0 Å². The highest BCUT2D eigenvalue weighted by atomic mass is 16.5. The van der Waals surface area contributed by atoms with Gasteiger partial charge >= 0.3 is 5.97 Å². The van der Waals surface area contributed by atoms with Crippen LogP contribution in [0.5, 0.6) is 0 Å². The maximum atomic E-state index is 11.7. The fourth-order valence-electron chi connectivity index (χ4n) is 2.49. The van der Waals surface area contributed by atoms with Gasteiger partial charge in [-0.15, -0.1) is 0 Å². The van der Waals surface area contributed by atoms with Gasteiger partial charge in [0, 0.05) is 35.8 Å². The number of amides is 1. The lowest BCUT2D eigenvalue weighted by Crippen LogP contribution is -2.19. The molecule has 27 heavy (non-hydrogen) atoms. The molecule has 0 aliphatic carbocycles. The second-order valence-electron chi connectivity index (χ2n) is 5.77. The number of nitrogens with zero attached hydrogens (tertiary/aromatic N) is 3. The number of aromatic nitrogens is 3. The van der Waals surface area contributed by atoms with Crippen LogP contribution in [0.3, 0.4) is 0 Å². The van der Waals surface area contributed by atoms with E-state index in [1.54, 1.807) is 23.2 Å². The number of hydrogen-bond acceptors (Lipinski definition) is 5. The van der Waals surface area contributed by atoms with Crippen molar-refractivity contribution in [3.8, 4) is 11.3 Å².